The number of hydrogen-bond donors (Lipinski definition) is 1. The highest BCUT2D eigenvalue weighted by atomic mass is 16.5. The van der Waals surface area contributed by atoms with Crippen molar-refractivity contribution in [3.05, 3.63) is 60.2 Å². The van der Waals surface area contributed by atoms with Crippen molar-refractivity contribution in [1.82, 2.24) is 15.1 Å². The van der Waals surface area contributed by atoms with Crippen molar-refractivity contribution in [3.63, 3.8) is 0 Å². The summed E-state index contributed by atoms with van der Waals surface area (Å²) >= 11 is 0. The van der Waals surface area contributed by atoms with Gasteiger partial charge in [-0.2, -0.15) is 0 Å². The van der Waals surface area contributed by atoms with Gasteiger partial charge in [-0.3, -0.25) is 19.3 Å². The fraction of sp³-hybridized carbons (Fsp3) is 0.423. The Morgan fingerprint density at radius 1 is 1.00 bits per heavy atom. The lowest BCUT2D eigenvalue weighted by atomic mass is 10.1. The average Bonchev–Trinajstić information content (AvgIpc) is 3.26. The molecular formula is C26H32N4O4. The average molecular weight is 465 g/mol. The van der Waals surface area contributed by atoms with Crippen LogP contribution < -0.4 is 15.0 Å². The van der Waals surface area contributed by atoms with Gasteiger partial charge in [0.25, 0.3) is 5.91 Å². The van der Waals surface area contributed by atoms with E-state index in [4.69, 9.17) is 4.74 Å². The Labute approximate surface area is 200 Å². The molecule has 2 aromatic carbocycles. The molecule has 1 unspecified atom stereocenters. The number of aryl methyl sites for hydroxylation is 1. The highest BCUT2D eigenvalue weighted by Crippen LogP contribution is 2.24. The zero-order valence-corrected chi connectivity index (χ0v) is 19.6. The van der Waals surface area contributed by atoms with Crippen molar-refractivity contribution in [3.8, 4) is 5.75 Å². The second kappa shape index (κ2) is 11.2. The molecule has 0 bridgehead atoms. The van der Waals surface area contributed by atoms with Crippen molar-refractivity contribution in [1.29, 1.82) is 0 Å². The van der Waals surface area contributed by atoms with Gasteiger partial charge in [-0.05, 0) is 31.2 Å². The SMILES string of the molecule is Cc1ccc(OCC(=O)N2CCN(CCNC(=O)C3CC(=O)N(c4ccccc4)C3)CC2)cc1. The van der Waals surface area contributed by atoms with Crippen molar-refractivity contribution >= 4 is 23.4 Å². The van der Waals surface area contributed by atoms with Crippen LogP contribution in [0, 0.1) is 12.8 Å². The van der Waals surface area contributed by atoms with Gasteiger partial charge in [0.1, 0.15) is 5.75 Å². The van der Waals surface area contributed by atoms with Gasteiger partial charge in [-0.25, -0.2) is 0 Å². The van der Waals surface area contributed by atoms with Gasteiger partial charge < -0.3 is 19.9 Å². The standard InChI is InChI=1S/C26H32N4O4/c1-20-7-9-23(10-8-20)34-19-25(32)29-15-13-28(14-16-29)12-11-27-26(33)21-17-24(31)30(18-21)22-5-3-2-4-6-22/h2-10,21H,11-19H2,1H3,(H,27,33). The third kappa shape index (κ3) is 6.14. The van der Waals surface area contributed by atoms with E-state index in [1.807, 2.05) is 66.4 Å². The van der Waals surface area contributed by atoms with Crippen LogP contribution in [-0.4, -0.2) is 79.9 Å². The molecule has 4 rings (SSSR count). The Bertz CT molecular complexity index is 988. The lowest BCUT2D eigenvalue weighted by Crippen LogP contribution is -2.51. The number of hydrogen-bond acceptors (Lipinski definition) is 5. The maximum atomic E-state index is 12.6. The molecule has 8 nitrogen and oxygen atoms in total. The van der Waals surface area contributed by atoms with Gasteiger partial charge in [0, 0.05) is 57.9 Å². The zero-order chi connectivity index (χ0) is 23.9. The number of carbonyl (C=O) groups is 3. The van der Waals surface area contributed by atoms with Crippen LogP contribution in [-0.2, 0) is 14.4 Å². The van der Waals surface area contributed by atoms with Crippen LogP contribution in [0.2, 0.25) is 0 Å². The number of nitrogens with zero attached hydrogens (tertiary/aromatic N) is 3. The van der Waals surface area contributed by atoms with Crippen LogP contribution in [0.3, 0.4) is 0 Å². The van der Waals surface area contributed by atoms with Gasteiger partial charge in [-0.15, -0.1) is 0 Å². The first kappa shape index (κ1) is 23.8. The molecule has 1 N–H and O–H groups in total. The molecular weight excluding hydrogens is 432 g/mol. The number of nitrogens with one attached hydrogen (secondary N) is 1. The highest BCUT2D eigenvalue weighted by Gasteiger charge is 2.35. The second-order valence-electron chi connectivity index (χ2n) is 8.86. The van der Waals surface area contributed by atoms with Gasteiger partial charge in [-0.1, -0.05) is 35.9 Å². The van der Waals surface area contributed by atoms with Crippen molar-refractivity contribution in [2.24, 2.45) is 5.92 Å². The summed E-state index contributed by atoms with van der Waals surface area (Å²) in [7, 11) is 0. The van der Waals surface area contributed by atoms with Gasteiger partial charge in [0.2, 0.25) is 11.8 Å². The molecule has 0 spiro atoms. The molecule has 3 amide bonds. The van der Waals surface area contributed by atoms with Crippen molar-refractivity contribution < 1.29 is 19.1 Å². The molecule has 0 aromatic heterocycles. The first-order valence-corrected chi connectivity index (χ1v) is 11.8. The van der Waals surface area contributed by atoms with Crippen LogP contribution >= 0.6 is 0 Å². The summed E-state index contributed by atoms with van der Waals surface area (Å²) in [5.41, 5.74) is 1.98. The second-order valence-corrected chi connectivity index (χ2v) is 8.86. The molecule has 2 heterocycles. The molecule has 2 aliphatic rings. The Balaban J connectivity index is 1.13. The van der Waals surface area contributed by atoms with E-state index < -0.39 is 0 Å². The van der Waals surface area contributed by atoms with E-state index in [1.165, 1.54) is 0 Å². The summed E-state index contributed by atoms with van der Waals surface area (Å²) in [5, 5.41) is 2.98. The fourth-order valence-electron chi connectivity index (χ4n) is 4.31. The summed E-state index contributed by atoms with van der Waals surface area (Å²) < 4.78 is 5.61. The van der Waals surface area contributed by atoms with Crippen LogP contribution in [0.25, 0.3) is 0 Å². The van der Waals surface area contributed by atoms with E-state index in [-0.39, 0.29) is 36.7 Å². The number of benzene rings is 2. The number of ether oxygens (including phenoxy) is 1. The topological polar surface area (TPSA) is 82.2 Å². The summed E-state index contributed by atoms with van der Waals surface area (Å²) in [6, 6.07) is 17.1. The van der Waals surface area contributed by atoms with Crippen molar-refractivity contribution in [2.45, 2.75) is 13.3 Å². The zero-order valence-electron chi connectivity index (χ0n) is 19.6. The summed E-state index contributed by atoms with van der Waals surface area (Å²) in [5.74, 6) is 0.273. The van der Waals surface area contributed by atoms with E-state index in [0.717, 1.165) is 30.9 Å². The molecule has 1 atom stereocenters. The number of para-hydroxylation sites is 1. The van der Waals surface area contributed by atoms with Crippen LogP contribution in [0.15, 0.2) is 54.6 Å². The van der Waals surface area contributed by atoms with Gasteiger partial charge in [0.15, 0.2) is 6.61 Å². The largest absolute Gasteiger partial charge is 0.484 e. The first-order valence-electron chi connectivity index (χ1n) is 11.8. The lowest BCUT2D eigenvalue weighted by molar-refractivity contribution is -0.135. The molecule has 0 saturated carbocycles. The quantitative estimate of drug-likeness (QED) is 0.643. The van der Waals surface area contributed by atoms with Crippen molar-refractivity contribution in [2.75, 3.05) is 57.3 Å². The molecule has 2 aliphatic heterocycles. The van der Waals surface area contributed by atoms with Gasteiger partial charge >= 0.3 is 0 Å². The van der Waals surface area contributed by atoms with Gasteiger partial charge in [0.05, 0.1) is 5.92 Å². The molecule has 8 heteroatoms. The Kier molecular flexibility index (Phi) is 7.80. The van der Waals surface area contributed by atoms with E-state index in [2.05, 4.69) is 10.2 Å². The normalized spacial score (nSPS) is 18.7. The molecule has 180 valence electrons. The molecule has 2 saturated heterocycles. The van der Waals surface area contributed by atoms with E-state index in [1.54, 1.807) is 4.90 Å². The summed E-state index contributed by atoms with van der Waals surface area (Å²) in [6.07, 6.45) is 0.242. The lowest BCUT2D eigenvalue weighted by Gasteiger charge is -2.34. The number of amides is 3. The highest BCUT2D eigenvalue weighted by molar-refractivity contribution is 6.00. The fourth-order valence-corrected chi connectivity index (χ4v) is 4.31. The third-order valence-corrected chi connectivity index (χ3v) is 6.40. The Hall–Kier alpha value is -3.39. The Morgan fingerprint density at radius 2 is 1.71 bits per heavy atom. The molecule has 0 radical (unpaired) electrons. The van der Waals surface area contributed by atoms with E-state index >= 15 is 0 Å². The van der Waals surface area contributed by atoms with Crippen LogP contribution in [0.5, 0.6) is 5.75 Å². The summed E-state index contributed by atoms with van der Waals surface area (Å²) in [4.78, 5) is 43.1. The van der Waals surface area contributed by atoms with Crippen LogP contribution in [0.1, 0.15) is 12.0 Å². The predicted molar refractivity (Wildman–Crippen MR) is 130 cm³/mol. The smallest absolute Gasteiger partial charge is 0.260 e. The predicted octanol–water partition coefficient (Wildman–Crippen LogP) is 1.69. The maximum Gasteiger partial charge on any atom is 0.260 e. The monoisotopic (exact) mass is 464 g/mol. The molecule has 0 aliphatic carbocycles. The van der Waals surface area contributed by atoms with Crippen LogP contribution in [0.4, 0.5) is 5.69 Å². The first-order chi connectivity index (χ1) is 16.5. The number of anilines is 1. The minimum absolute atomic E-state index is 0.0117. The number of rotatable bonds is 8. The minimum atomic E-state index is -0.323. The summed E-state index contributed by atoms with van der Waals surface area (Å²) in [6.45, 7) is 6.52. The van der Waals surface area contributed by atoms with E-state index in [9.17, 15) is 14.4 Å². The molecule has 34 heavy (non-hydrogen) atoms. The van der Waals surface area contributed by atoms with E-state index in [0.29, 0.717) is 31.9 Å². The number of piperazine rings is 1. The number of carbonyl (C=O) groups excluding carboxylic acids is 3. The Morgan fingerprint density at radius 3 is 2.41 bits per heavy atom. The maximum absolute atomic E-state index is 12.6. The molecule has 2 aromatic rings. The minimum Gasteiger partial charge on any atom is -0.484 e. The molecule has 2 fully saturated rings. The third-order valence-electron chi connectivity index (χ3n) is 6.40.